The second kappa shape index (κ2) is 12.9. The molecule has 0 atom stereocenters. The van der Waals surface area contributed by atoms with Gasteiger partial charge < -0.3 is 9.32 Å². The standard InChI is InChI=1S/C52H33NOS/c1-2-12-41-35(10-1)11-9-16-42(41)36-22-28-40(29-23-36)53(39-26-20-34(21-27-39)37-24-30-45-44-14-4-7-18-49(44)54-50(45)33-37)48-17-6-3-13-43(48)38-25-31-52-47(32-38)46-15-5-8-19-51(46)55-52/h1-33H. The number of benzene rings is 9. The fourth-order valence-electron chi connectivity index (χ4n) is 8.21. The zero-order valence-corrected chi connectivity index (χ0v) is 30.6. The summed E-state index contributed by atoms with van der Waals surface area (Å²) in [5.41, 5.74) is 12.2. The highest BCUT2D eigenvalue weighted by Crippen LogP contribution is 2.44. The first kappa shape index (κ1) is 31.6. The van der Waals surface area contributed by atoms with Crippen molar-refractivity contribution in [1.82, 2.24) is 0 Å². The molecule has 2 aromatic heterocycles. The van der Waals surface area contributed by atoms with Gasteiger partial charge in [0.15, 0.2) is 0 Å². The summed E-state index contributed by atoms with van der Waals surface area (Å²) in [4.78, 5) is 2.39. The van der Waals surface area contributed by atoms with E-state index in [1.807, 2.05) is 23.5 Å². The number of para-hydroxylation sites is 2. The summed E-state index contributed by atoms with van der Waals surface area (Å²) in [6.07, 6.45) is 0. The van der Waals surface area contributed by atoms with Crippen molar-refractivity contribution in [2.24, 2.45) is 0 Å². The average molecular weight is 720 g/mol. The van der Waals surface area contributed by atoms with Crippen molar-refractivity contribution in [1.29, 1.82) is 0 Å². The van der Waals surface area contributed by atoms with Crippen LogP contribution >= 0.6 is 11.3 Å². The SMILES string of the molecule is c1ccc(N(c2ccc(-c3ccc4c(c3)oc3ccccc34)cc2)c2ccc(-c3cccc4ccccc34)cc2)c(-c2ccc3sc4ccccc4c3c2)c1. The molecule has 55 heavy (non-hydrogen) atoms. The number of fused-ring (bicyclic) bond motifs is 7. The highest BCUT2D eigenvalue weighted by molar-refractivity contribution is 7.25. The van der Waals surface area contributed by atoms with Gasteiger partial charge in [-0.15, -0.1) is 11.3 Å². The first-order valence-electron chi connectivity index (χ1n) is 18.7. The Morgan fingerprint density at radius 3 is 1.80 bits per heavy atom. The monoisotopic (exact) mass is 719 g/mol. The van der Waals surface area contributed by atoms with Gasteiger partial charge in [0.2, 0.25) is 0 Å². The molecule has 0 unspecified atom stereocenters. The Kier molecular flexibility index (Phi) is 7.39. The van der Waals surface area contributed by atoms with E-state index in [1.165, 1.54) is 53.2 Å². The van der Waals surface area contributed by atoms with Crippen molar-refractivity contribution < 1.29 is 4.42 Å². The second-order valence-electron chi connectivity index (χ2n) is 14.1. The van der Waals surface area contributed by atoms with E-state index in [2.05, 4.69) is 193 Å². The normalized spacial score (nSPS) is 11.6. The van der Waals surface area contributed by atoms with E-state index >= 15 is 0 Å². The number of rotatable bonds is 6. The lowest BCUT2D eigenvalue weighted by molar-refractivity contribution is 0.669. The lowest BCUT2D eigenvalue weighted by Gasteiger charge is -2.28. The Balaban J connectivity index is 1.04. The highest BCUT2D eigenvalue weighted by atomic mass is 32.1. The Labute approximate surface area is 322 Å². The van der Waals surface area contributed by atoms with Gasteiger partial charge in [-0.1, -0.05) is 133 Å². The Morgan fingerprint density at radius 2 is 0.945 bits per heavy atom. The molecule has 0 amide bonds. The van der Waals surface area contributed by atoms with Gasteiger partial charge in [0.05, 0.1) is 5.69 Å². The molecule has 0 saturated heterocycles. The van der Waals surface area contributed by atoms with Gasteiger partial charge in [-0.3, -0.25) is 0 Å². The molecule has 9 aromatic carbocycles. The minimum Gasteiger partial charge on any atom is -0.456 e. The summed E-state index contributed by atoms with van der Waals surface area (Å²) in [6, 6.07) is 72.3. The number of nitrogens with zero attached hydrogens (tertiary/aromatic N) is 1. The summed E-state index contributed by atoms with van der Waals surface area (Å²) >= 11 is 1.85. The van der Waals surface area contributed by atoms with Crippen LogP contribution in [0.5, 0.6) is 0 Å². The summed E-state index contributed by atoms with van der Waals surface area (Å²) in [5.74, 6) is 0. The molecule has 11 rings (SSSR count). The van der Waals surface area contributed by atoms with Crippen molar-refractivity contribution in [3.63, 3.8) is 0 Å². The van der Waals surface area contributed by atoms with E-state index in [-0.39, 0.29) is 0 Å². The van der Waals surface area contributed by atoms with Crippen LogP contribution in [0.15, 0.2) is 205 Å². The largest absolute Gasteiger partial charge is 0.456 e. The minimum atomic E-state index is 0.903. The minimum absolute atomic E-state index is 0.903. The van der Waals surface area contributed by atoms with Crippen LogP contribution in [-0.4, -0.2) is 0 Å². The first-order valence-corrected chi connectivity index (χ1v) is 19.5. The Morgan fingerprint density at radius 1 is 0.345 bits per heavy atom. The fourth-order valence-corrected chi connectivity index (χ4v) is 9.30. The maximum absolute atomic E-state index is 6.25. The number of hydrogen-bond acceptors (Lipinski definition) is 3. The lowest BCUT2D eigenvalue weighted by Crippen LogP contribution is -2.11. The lowest BCUT2D eigenvalue weighted by atomic mass is 9.97. The van der Waals surface area contributed by atoms with Crippen LogP contribution in [0.1, 0.15) is 0 Å². The molecular formula is C52H33NOS. The molecule has 0 aliphatic rings. The molecule has 2 nitrogen and oxygen atoms in total. The van der Waals surface area contributed by atoms with Gasteiger partial charge in [-0.05, 0) is 105 Å². The van der Waals surface area contributed by atoms with Crippen molar-refractivity contribution in [3.05, 3.63) is 200 Å². The molecule has 0 aliphatic carbocycles. The topological polar surface area (TPSA) is 16.4 Å². The highest BCUT2D eigenvalue weighted by Gasteiger charge is 2.19. The summed E-state index contributed by atoms with van der Waals surface area (Å²) in [6.45, 7) is 0. The van der Waals surface area contributed by atoms with Crippen LogP contribution < -0.4 is 4.90 Å². The summed E-state index contributed by atoms with van der Waals surface area (Å²) in [5, 5.41) is 7.39. The van der Waals surface area contributed by atoms with E-state index in [0.29, 0.717) is 0 Å². The van der Waals surface area contributed by atoms with E-state index in [1.54, 1.807) is 0 Å². The molecular weight excluding hydrogens is 687 g/mol. The van der Waals surface area contributed by atoms with Crippen LogP contribution in [0.25, 0.3) is 86.3 Å². The van der Waals surface area contributed by atoms with Gasteiger partial charge >= 0.3 is 0 Å². The van der Waals surface area contributed by atoms with Gasteiger partial charge in [0.25, 0.3) is 0 Å². The zero-order chi connectivity index (χ0) is 36.3. The van der Waals surface area contributed by atoms with E-state index < -0.39 is 0 Å². The maximum Gasteiger partial charge on any atom is 0.136 e. The van der Waals surface area contributed by atoms with Crippen molar-refractivity contribution in [2.45, 2.75) is 0 Å². The van der Waals surface area contributed by atoms with Crippen molar-refractivity contribution in [3.8, 4) is 33.4 Å². The third-order valence-corrected chi connectivity index (χ3v) is 12.0. The zero-order valence-electron chi connectivity index (χ0n) is 29.8. The molecule has 11 aromatic rings. The maximum atomic E-state index is 6.25. The smallest absolute Gasteiger partial charge is 0.136 e. The molecule has 0 spiro atoms. The van der Waals surface area contributed by atoms with Gasteiger partial charge in [0, 0.05) is 47.9 Å². The number of anilines is 3. The van der Waals surface area contributed by atoms with E-state index in [0.717, 1.165) is 50.1 Å². The molecule has 0 saturated carbocycles. The van der Waals surface area contributed by atoms with Crippen LogP contribution in [0.3, 0.4) is 0 Å². The van der Waals surface area contributed by atoms with Gasteiger partial charge in [-0.2, -0.15) is 0 Å². The van der Waals surface area contributed by atoms with Crippen LogP contribution in [0.4, 0.5) is 17.1 Å². The number of thiophene rings is 1. The number of furan rings is 1. The van der Waals surface area contributed by atoms with Crippen LogP contribution in [0.2, 0.25) is 0 Å². The molecule has 0 bridgehead atoms. The van der Waals surface area contributed by atoms with Gasteiger partial charge in [-0.25, -0.2) is 0 Å². The predicted octanol–water partition coefficient (Wildman–Crippen LogP) is 15.6. The predicted molar refractivity (Wildman–Crippen MR) is 235 cm³/mol. The molecule has 2 heterocycles. The van der Waals surface area contributed by atoms with E-state index in [9.17, 15) is 0 Å². The Hall–Kier alpha value is -6.94. The molecule has 0 fully saturated rings. The van der Waals surface area contributed by atoms with Crippen LogP contribution in [-0.2, 0) is 0 Å². The van der Waals surface area contributed by atoms with Crippen molar-refractivity contribution >= 4 is 81.3 Å². The molecule has 258 valence electrons. The third-order valence-electron chi connectivity index (χ3n) is 10.9. The van der Waals surface area contributed by atoms with Crippen molar-refractivity contribution in [2.75, 3.05) is 4.90 Å². The van der Waals surface area contributed by atoms with Crippen LogP contribution in [0, 0.1) is 0 Å². The van der Waals surface area contributed by atoms with Gasteiger partial charge in [0.1, 0.15) is 11.2 Å². The average Bonchev–Trinajstić information content (AvgIpc) is 3.82. The first-order chi connectivity index (χ1) is 27.2. The fraction of sp³-hybridized carbons (Fsp3) is 0. The van der Waals surface area contributed by atoms with E-state index in [4.69, 9.17) is 4.42 Å². The molecule has 0 radical (unpaired) electrons. The third kappa shape index (κ3) is 5.40. The Bertz CT molecular complexity index is 3200. The summed E-state index contributed by atoms with van der Waals surface area (Å²) < 4.78 is 8.87. The second-order valence-corrected chi connectivity index (χ2v) is 15.2. The number of hydrogen-bond donors (Lipinski definition) is 0. The molecule has 0 aliphatic heterocycles. The molecule has 0 N–H and O–H groups in total. The molecule has 3 heteroatoms. The summed E-state index contributed by atoms with van der Waals surface area (Å²) in [7, 11) is 0. The quantitative estimate of drug-likeness (QED) is 0.170.